The van der Waals surface area contributed by atoms with Gasteiger partial charge in [0.15, 0.2) is 0 Å². The Kier molecular flexibility index (Phi) is 5.30. The van der Waals surface area contributed by atoms with Crippen LogP contribution in [0.15, 0.2) is 0 Å². The number of nitrogens with one attached hydrogen (secondary N) is 1. The largest absolute Gasteiger partial charge is 0.314 e. The Morgan fingerprint density at radius 1 is 1.06 bits per heavy atom. The van der Waals surface area contributed by atoms with Crippen molar-refractivity contribution in [1.82, 2.24) is 10.2 Å². The average molecular weight is 238 g/mol. The summed E-state index contributed by atoms with van der Waals surface area (Å²) < 4.78 is 0. The lowest BCUT2D eigenvalue weighted by Gasteiger charge is -2.27. The van der Waals surface area contributed by atoms with Crippen LogP contribution in [0.4, 0.5) is 0 Å². The predicted octanol–water partition coefficient (Wildman–Crippen LogP) is 3.03. The van der Waals surface area contributed by atoms with Crippen molar-refractivity contribution in [2.75, 3.05) is 19.6 Å². The average Bonchev–Trinajstić information content (AvgIpc) is 2.47. The molecular weight excluding hydrogens is 208 g/mol. The van der Waals surface area contributed by atoms with E-state index in [1.54, 1.807) is 0 Å². The zero-order valence-corrected chi connectivity index (χ0v) is 11.8. The Morgan fingerprint density at radius 3 is 2.53 bits per heavy atom. The lowest BCUT2D eigenvalue weighted by Crippen LogP contribution is -2.34. The third-order valence-electron chi connectivity index (χ3n) is 4.70. The maximum Gasteiger partial charge on any atom is 0.00797 e. The fourth-order valence-electron chi connectivity index (χ4n) is 3.11. The van der Waals surface area contributed by atoms with Gasteiger partial charge in [-0.2, -0.15) is 0 Å². The highest BCUT2D eigenvalue weighted by molar-refractivity contribution is 4.77. The van der Waals surface area contributed by atoms with Gasteiger partial charge in [-0.25, -0.2) is 0 Å². The standard InChI is InChI=1S/C15H30N2/c1-13(2)17-11-4-7-15(9-12-17)16-10-8-14-5-3-6-14/h13-16H,3-12H2,1-2H3. The molecule has 1 aliphatic carbocycles. The number of likely N-dealkylation sites (tertiary alicyclic amines) is 1. The van der Waals surface area contributed by atoms with Crippen molar-refractivity contribution in [1.29, 1.82) is 0 Å². The molecule has 0 amide bonds. The van der Waals surface area contributed by atoms with Gasteiger partial charge in [-0.15, -0.1) is 0 Å². The monoisotopic (exact) mass is 238 g/mol. The van der Waals surface area contributed by atoms with Crippen molar-refractivity contribution in [3.8, 4) is 0 Å². The first-order valence-corrected chi connectivity index (χ1v) is 7.73. The molecule has 0 bridgehead atoms. The van der Waals surface area contributed by atoms with Gasteiger partial charge in [-0.05, 0) is 65.1 Å². The Bertz CT molecular complexity index is 211. The Balaban J connectivity index is 1.60. The first kappa shape index (κ1) is 13.4. The Hall–Kier alpha value is -0.0800. The molecule has 17 heavy (non-hydrogen) atoms. The molecule has 1 N–H and O–H groups in total. The zero-order valence-electron chi connectivity index (χ0n) is 11.8. The smallest absolute Gasteiger partial charge is 0.00797 e. The predicted molar refractivity (Wildman–Crippen MR) is 74.3 cm³/mol. The molecule has 2 aliphatic rings. The van der Waals surface area contributed by atoms with Crippen molar-refractivity contribution >= 4 is 0 Å². The third-order valence-corrected chi connectivity index (χ3v) is 4.70. The van der Waals surface area contributed by atoms with E-state index in [0.29, 0.717) is 0 Å². The van der Waals surface area contributed by atoms with Crippen LogP contribution in [0.5, 0.6) is 0 Å². The van der Waals surface area contributed by atoms with Crippen molar-refractivity contribution in [2.24, 2.45) is 5.92 Å². The van der Waals surface area contributed by atoms with Crippen molar-refractivity contribution < 1.29 is 0 Å². The summed E-state index contributed by atoms with van der Waals surface area (Å²) in [6.45, 7) is 8.50. The van der Waals surface area contributed by atoms with Gasteiger partial charge in [0, 0.05) is 12.1 Å². The van der Waals surface area contributed by atoms with E-state index in [1.807, 2.05) is 0 Å². The van der Waals surface area contributed by atoms with E-state index in [9.17, 15) is 0 Å². The molecule has 2 heteroatoms. The molecule has 0 spiro atoms. The van der Waals surface area contributed by atoms with E-state index in [4.69, 9.17) is 0 Å². The molecule has 100 valence electrons. The van der Waals surface area contributed by atoms with E-state index >= 15 is 0 Å². The molecule has 0 aromatic rings. The molecule has 2 rings (SSSR count). The van der Waals surface area contributed by atoms with Gasteiger partial charge in [0.05, 0.1) is 0 Å². The third kappa shape index (κ3) is 4.26. The van der Waals surface area contributed by atoms with Crippen LogP contribution in [0, 0.1) is 5.92 Å². The molecule has 1 aliphatic heterocycles. The summed E-state index contributed by atoms with van der Waals surface area (Å²) in [7, 11) is 0. The van der Waals surface area contributed by atoms with E-state index in [-0.39, 0.29) is 0 Å². The second kappa shape index (κ2) is 6.75. The van der Waals surface area contributed by atoms with Crippen LogP contribution >= 0.6 is 0 Å². The summed E-state index contributed by atoms with van der Waals surface area (Å²) in [5, 5.41) is 3.79. The molecule has 0 aromatic heterocycles. The van der Waals surface area contributed by atoms with Gasteiger partial charge in [0.1, 0.15) is 0 Å². The van der Waals surface area contributed by atoms with Crippen LogP contribution in [-0.4, -0.2) is 36.6 Å². The zero-order chi connectivity index (χ0) is 12.1. The van der Waals surface area contributed by atoms with Crippen LogP contribution in [-0.2, 0) is 0 Å². The highest BCUT2D eigenvalue weighted by Crippen LogP contribution is 2.28. The molecule has 1 unspecified atom stereocenters. The number of rotatable bonds is 5. The Labute approximate surface area is 107 Å². The molecule has 1 saturated heterocycles. The number of nitrogens with zero attached hydrogens (tertiary/aromatic N) is 1. The first-order valence-electron chi connectivity index (χ1n) is 7.73. The van der Waals surface area contributed by atoms with E-state index in [0.717, 1.165) is 18.0 Å². The van der Waals surface area contributed by atoms with Gasteiger partial charge >= 0.3 is 0 Å². The van der Waals surface area contributed by atoms with Crippen molar-refractivity contribution in [2.45, 2.75) is 70.9 Å². The van der Waals surface area contributed by atoms with Gasteiger partial charge in [-0.3, -0.25) is 0 Å². The fourth-order valence-corrected chi connectivity index (χ4v) is 3.11. The van der Waals surface area contributed by atoms with E-state index < -0.39 is 0 Å². The topological polar surface area (TPSA) is 15.3 Å². The molecule has 1 atom stereocenters. The van der Waals surface area contributed by atoms with Crippen LogP contribution in [0.3, 0.4) is 0 Å². The summed E-state index contributed by atoms with van der Waals surface area (Å²) >= 11 is 0. The van der Waals surface area contributed by atoms with Gasteiger partial charge < -0.3 is 10.2 Å². The normalized spacial score (nSPS) is 28.1. The summed E-state index contributed by atoms with van der Waals surface area (Å²) in [6, 6.07) is 1.52. The van der Waals surface area contributed by atoms with E-state index in [2.05, 4.69) is 24.1 Å². The van der Waals surface area contributed by atoms with Crippen molar-refractivity contribution in [3.05, 3.63) is 0 Å². The molecule has 0 aromatic carbocycles. The lowest BCUT2D eigenvalue weighted by atomic mass is 9.83. The van der Waals surface area contributed by atoms with Gasteiger partial charge in [-0.1, -0.05) is 19.3 Å². The van der Waals surface area contributed by atoms with Crippen LogP contribution in [0.2, 0.25) is 0 Å². The maximum atomic E-state index is 3.79. The summed E-state index contributed by atoms with van der Waals surface area (Å²) in [5.74, 6) is 1.06. The van der Waals surface area contributed by atoms with Crippen molar-refractivity contribution in [3.63, 3.8) is 0 Å². The summed E-state index contributed by atoms with van der Waals surface area (Å²) in [4.78, 5) is 2.63. The summed E-state index contributed by atoms with van der Waals surface area (Å²) in [6.07, 6.45) is 10.00. The molecule has 2 fully saturated rings. The highest BCUT2D eigenvalue weighted by atomic mass is 15.1. The molecule has 1 heterocycles. The van der Waals surface area contributed by atoms with Crippen LogP contribution < -0.4 is 5.32 Å². The molecular formula is C15H30N2. The minimum Gasteiger partial charge on any atom is -0.314 e. The number of hydrogen-bond acceptors (Lipinski definition) is 2. The minimum absolute atomic E-state index is 0.726. The summed E-state index contributed by atoms with van der Waals surface area (Å²) in [5.41, 5.74) is 0. The second-order valence-electron chi connectivity index (χ2n) is 6.30. The van der Waals surface area contributed by atoms with Crippen LogP contribution in [0.1, 0.15) is 58.8 Å². The molecule has 1 saturated carbocycles. The van der Waals surface area contributed by atoms with Gasteiger partial charge in [0.25, 0.3) is 0 Å². The van der Waals surface area contributed by atoms with Crippen LogP contribution in [0.25, 0.3) is 0 Å². The molecule has 0 radical (unpaired) electrons. The second-order valence-corrected chi connectivity index (χ2v) is 6.30. The highest BCUT2D eigenvalue weighted by Gasteiger charge is 2.20. The minimum atomic E-state index is 0.726. The lowest BCUT2D eigenvalue weighted by molar-refractivity contribution is 0.228. The maximum absolute atomic E-state index is 3.79. The number of hydrogen-bond donors (Lipinski definition) is 1. The fraction of sp³-hybridized carbons (Fsp3) is 1.00. The SMILES string of the molecule is CC(C)N1CCCC(NCCC2CCC2)CC1. The quantitative estimate of drug-likeness (QED) is 0.792. The first-order chi connectivity index (χ1) is 8.25. The molecule has 2 nitrogen and oxygen atoms in total. The van der Waals surface area contributed by atoms with E-state index in [1.165, 1.54) is 64.6 Å². The Morgan fingerprint density at radius 2 is 1.88 bits per heavy atom. The van der Waals surface area contributed by atoms with Gasteiger partial charge in [0.2, 0.25) is 0 Å².